The van der Waals surface area contributed by atoms with Gasteiger partial charge in [0.05, 0.1) is 5.56 Å². The van der Waals surface area contributed by atoms with Crippen molar-refractivity contribution in [3.63, 3.8) is 0 Å². The second-order valence-electron chi connectivity index (χ2n) is 2.27. The van der Waals surface area contributed by atoms with E-state index >= 15 is 0 Å². The van der Waals surface area contributed by atoms with Crippen molar-refractivity contribution >= 4 is 57.6 Å². The lowest BCUT2D eigenvalue weighted by atomic mass is 10.2. The molecular weight excluding hydrogens is 435 g/mol. The number of halogens is 3. The Morgan fingerprint density at radius 3 is 2.29 bits per heavy atom. The largest absolute Gasteiger partial charge is 0.478 e. The van der Waals surface area contributed by atoms with Crippen LogP contribution in [0.5, 0.6) is 0 Å². The lowest BCUT2D eigenvalue weighted by Crippen LogP contribution is -2.00. The highest BCUT2D eigenvalue weighted by molar-refractivity contribution is 14.2. The molecule has 0 aliphatic heterocycles. The second-order valence-corrected chi connectivity index (χ2v) is 6.36. The number of hydrogen-bond donors (Lipinski definition) is 1. The smallest absolute Gasteiger partial charge is 0.342 e. The number of carboxylic acids is 1. The average Bonchev–Trinajstić information content (AvgIpc) is 2.01. The maximum absolute atomic E-state index is 10.9. The molecule has 0 fully saturated rings. The zero-order chi connectivity index (χ0) is 10.9. The highest BCUT2D eigenvalue weighted by Gasteiger charge is 2.18. The molecule has 1 N–H and O–H groups in total. The summed E-state index contributed by atoms with van der Waals surface area (Å²) in [6, 6.07) is 2.77. The fourth-order valence-corrected chi connectivity index (χ4v) is 4.35. The van der Waals surface area contributed by atoms with Gasteiger partial charge < -0.3 is 5.11 Å². The number of hydrogen-bond acceptors (Lipinski definition) is 3. The van der Waals surface area contributed by atoms with Crippen LogP contribution in [0.25, 0.3) is 0 Å². The van der Waals surface area contributed by atoms with E-state index in [2.05, 4.69) is 31.9 Å². The van der Waals surface area contributed by atoms with Crippen molar-refractivity contribution in [3.05, 3.63) is 30.2 Å². The lowest BCUT2D eigenvalue weighted by Gasteiger charge is -2.01. The number of benzene rings is 1. The van der Waals surface area contributed by atoms with E-state index in [0.717, 1.165) is 0 Å². The zero-order valence-electron chi connectivity index (χ0n) is 6.46. The van der Waals surface area contributed by atoms with Gasteiger partial charge in [-0.25, -0.2) is 10.9 Å². The molecule has 0 bridgehead atoms. The normalized spacial score (nSPS) is 10.5. The van der Waals surface area contributed by atoms with Crippen LogP contribution in [-0.4, -0.2) is 11.1 Å². The van der Waals surface area contributed by atoms with Crippen LogP contribution in [0.3, 0.4) is 0 Å². The molecule has 0 amide bonds. The molecule has 76 valence electrons. The summed E-state index contributed by atoms with van der Waals surface area (Å²) in [6.07, 6.45) is 0. The minimum absolute atomic E-state index is 0.120. The van der Waals surface area contributed by atoms with Crippen LogP contribution < -0.4 is 0 Å². The predicted molar refractivity (Wildman–Crippen MR) is 62.9 cm³/mol. The molecule has 0 atom stereocenters. The van der Waals surface area contributed by atoms with E-state index in [9.17, 15) is 10.9 Å². The molecule has 0 saturated heterocycles. The zero-order valence-corrected chi connectivity index (χ0v) is 11.8. The first-order valence-corrected chi connectivity index (χ1v) is 7.63. The summed E-state index contributed by atoms with van der Waals surface area (Å²) >= 11 is 2.30. The SMILES string of the molecule is O=C(O)c1cc(Br)cc(Br)c1I(=O)=O. The fraction of sp³-hybridized carbons (Fsp3) is 0. The Bertz CT molecular complexity index is 459. The Kier molecular flexibility index (Phi) is 4.02. The third-order valence-electron chi connectivity index (χ3n) is 1.38. The van der Waals surface area contributed by atoms with E-state index in [1.807, 2.05) is 0 Å². The third-order valence-corrected chi connectivity index (χ3v) is 5.25. The maximum Gasteiger partial charge on any atom is 0.342 e. The van der Waals surface area contributed by atoms with Gasteiger partial charge in [0.1, 0.15) is 3.57 Å². The molecule has 0 unspecified atom stereocenters. The van der Waals surface area contributed by atoms with E-state index in [4.69, 9.17) is 5.11 Å². The Hall–Kier alpha value is -0.0200. The van der Waals surface area contributed by atoms with Gasteiger partial charge in [0.15, 0.2) is 0 Å². The topological polar surface area (TPSA) is 71.4 Å². The van der Waals surface area contributed by atoms with Crippen LogP contribution in [0.4, 0.5) is 0 Å². The molecule has 14 heavy (non-hydrogen) atoms. The van der Waals surface area contributed by atoms with Crippen molar-refractivity contribution in [1.82, 2.24) is 0 Å². The summed E-state index contributed by atoms with van der Waals surface area (Å²) in [6.45, 7) is 0. The van der Waals surface area contributed by atoms with Crippen LogP contribution in [0, 0.1) is 3.57 Å². The molecule has 1 aromatic rings. The Labute approximate surface area is 103 Å². The predicted octanol–water partition coefficient (Wildman–Crippen LogP) is 3.28. The third kappa shape index (κ3) is 2.51. The van der Waals surface area contributed by atoms with Gasteiger partial charge >= 0.3 is 25.8 Å². The summed E-state index contributed by atoms with van der Waals surface area (Å²) < 4.78 is 22.4. The van der Waals surface area contributed by atoms with Gasteiger partial charge in [-0.1, -0.05) is 15.9 Å². The van der Waals surface area contributed by atoms with Crippen molar-refractivity contribution in [2.24, 2.45) is 0 Å². The summed E-state index contributed by atoms with van der Waals surface area (Å²) in [5.41, 5.74) is -0.207. The van der Waals surface area contributed by atoms with E-state index in [1.165, 1.54) is 12.1 Å². The van der Waals surface area contributed by atoms with Crippen LogP contribution in [-0.2, 0) is 6.14 Å². The first-order valence-electron chi connectivity index (χ1n) is 3.21. The molecule has 4 nitrogen and oxygen atoms in total. The Morgan fingerprint density at radius 1 is 1.29 bits per heavy atom. The molecule has 0 saturated carbocycles. The summed E-state index contributed by atoms with van der Waals surface area (Å²) in [4.78, 5) is 10.7. The lowest BCUT2D eigenvalue weighted by molar-refractivity contribution is 0.0695. The molecule has 0 aliphatic carbocycles. The summed E-state index contributed by atoms with van der Waals surface area (Å²) in [5.74, 6) is -1.25. The molecular formula is C7H3Br2IO4. The number of carboxylic acid groups (broad SMARTS) is 1. The van der Waals surface area contributed by atoms with E-state index in [1.54, 1.807) is 0 Å². The van der Waals surface area contributed by atoms with Gasteiger partial charge in [0.25, 0.3) is 0 Å². The summed E-state index contributed by atoms with van der Waals surface area (Å²) in [5, 5.41) is 8.77. The molecule has 1 rings (SSSR count). The average molecular weight is 438 g/mol. The minimum Gasteiger partial charge on any atom is -0.478 e. The van der Waals surface area contributed by atoms with Crippen molar-refractivity contribution in [2.75, 3.05) is 0 Å². The van der Waals surface area contributed by atoms with Gasteiger partial charge in [-0.05, 0) is 28.1 Å². The maximum atomic E-state index is 10.9. The minimum atomic E-state index is -3.80. The molecule has 1 aromatic carbocycles. The monoisotopic (exact) mass is 436 g/mol. The van der Waals surface area contributed by atoms with Gasteiger partial charge in [0, 0.05) is 8.95 Å². The fourth-order valence-electron chi connectivity index (χ4n) is 0.868. The van der Waals surface area contributed by atoms with Gasteiger partial charge in [0.2, 0.25) is 0 Å². The van der Waals surface area contributed by atoms with Crippen molar-refractivity contribution in [3.8, 4) is 0 Å². The molecule has 0 spiro atoms. The molecule has 0 aromatic heterocycles. The van der Waals surface area contributed by atoms with Crippen LogP contribution in [0.15, 0.2) is 21.1 Å². The van der Waals surface area contributed by atoms with Gasteiger partial charge in [-0.2, -0.15) is 0 Å². The van der Waals surface area contributed by atoms with Crippen molar-refractivity contribution in [2.45, 2.75) is 0 Å². The standard InChI is InChI=1S/C7H3Br2IO4/c8-3-1-4(7(11)12)6(10(13)14)5(9)2-3/h1-2H,(H,11,12). The van der Waals surface area contributed by atoms with Crippen LogP contribution in [0.2, 0.25) is 0 Å². The Balaban J connectivity index is 3.60. The van der Waals surface area contributed by atoms with Gasteiger partial charge in [-0.3, -0.25) is 0 Å². The van der Waals surface area contributed by atoms with E-state index in [-0.39, 0.29) is 13.6 Å². The summed E-state index contributed by atoms with van der Waals surface area (Å²) in [7, 11) is 0. The highest BCUT2D eigenvalue weighted by atomic mass is 127. The second kappa shape index (κ2) is 4.67. The van der Waals surface area contributed by atoms with E-state index < -0.39 is 25.8 Å². The molecule has 0 heterocycles. The van der Waals surface area contributed by atoms with Crippen LogP contribution in [0.1, 0.15) is 10.4 Å². The number of rotatable bonds is 2. The first-order chi connectivity index (χ1) is 6.43. The number of carbonyl (C=O) groups is 1. The van der Waals surface area contributed by atoms with E-state index in [0.29, 0.717) is 4.47 Å². The quantitative estimate of drug-likeness (QED) is 0.569. The molecule has 0 radical (unpaired) electrons. The molecule has 7 heteroatoms. The Morgan fingerprint density at radius 2 is 1.86 bits per heavy atom. The van der Waals surface area contributed by atoms with Crippen LogP contribution >= 0.6 is 51.7 Å². The van der Waals surface area contributed by atoms with Crippen molar-refractivity contribution in [1.29, 1.82) is 0 Å². The van der Waals surface area contributed by atoms with Crippen molar-refractivity contribution < 1.29 is 16.0 Å². The number of aromatic carboxylic acids is 1. The van der Waals surface area contributed by atoms with Gasteiger partial charge in [-0.15, -0.1) is 0 Å². The first kappa shape index (κ1) is 12.1. The highest BCUT2D eigenvalue weighted by Crippen LogP contribution is 2.32. The molecule has 0 aliphatic rings.